The van der Waals surface area contributed by atoms with Gasteiger partial charge in [0.15, 0.2) is 0 Å². The summed E-state index contributed by atoms with van der Waals surface area (Å²) in [5, 5.41) is 19.1. The number of aromatic nitrogens is 1. The van der Waals surface area contributed by atoms with Crippen LogP contribution in [0.1, 0.15) is 44.9 Å². The molecule has 1 aromatic carbocycles. The minimum absolute atomic E-state index is 0.130. The number of carbonyl (C=O) groups excluding carboxylic acids is 2. The molecule has 1 aliphatic heterocycles. The first-order valence-electron chi connectivity index (χ1n) is 11.5. The molecule has 2 amide bonds. The van der Waals surface area contributed by atoms with Crippen molar-refractivity contribution in [3.8, 4) is 0 Å². The third-order valence-corrected chi connectivity index (χ3v) is 6.11. The molecule has 1 atom stereocenters. The lowest BCUT2D eigenvalue weighted by Crippen LogP contribution is -2.43. The van der Waals surface area contributed by atoms with E-state index in [4.69, 9.17) is 0 Å². The van der Waals surface area contributed by atoms with Crippen LogP contribution in [0.2, 0.25) is 0 Å². The molecule has 0 saturated carbocycles. The number of fused-ring (bicyclic) bond motifs is 1. The summed E-state index contributed by atoms with van der Waals surface area (Å²) in [6, 6.07) is 9.49. The van der Waals surface area contributed by atoms with E-state index in [0.29, 0.717) is 25.3 Å². The quantitative estimate of drug-likeness (QED) is 0.403. The number of carbonyl (C=O) groups is 3. The molecule has 0 aliphatic carbocycles. The molecule has 0 radical (unpaired) electrons. The van der Waals surface area contributed by atoms with Gasteiger partial charge in [-0.3, -0.25) is 14.4 Å². The molecule has 1 saturated heterocycles. The van der Waals surface area contributed by atoms with Crippen molar-refractivity contribution >= 4 is 28.7 Å². The molecular weight excluding hydrogens is 408 g/mol. The van der Waals surface area contributed by atoms with E-state index in [-0.39, 0.29) is 24.8 Å². The molecule has 0 spiro atoms. The maximum Gasteiger partial charge on any atom is 0.305 e. The Balaban J connectivity index is 1.39. The summed E-state index contributed by atoms with van der Waals surface area (Å²) >= 11 is 0. The van der Waals surface area contributed by atoms with Crippen LogP contribution in [0.5, 0.6) is 0 Å². The largest absolute Gasteiger partial charge is 0.481 e. The van der Waals surface area contributed by atoms with Gasteiger partial charge in [-0.2, -0.15) is 0 Å². The van der Waals surface area contributed by atoms with E-state index in [1.54, 1.807) is 0 Å². The van der Waals surface area contributed by atoms with Gasteiger partial charge in [0.05, 0.1) is 13.0 Å². The van der Waals surface area contributed by atoms with Gasteiger partial charge in [-0.25, -0.2) is 0 Å². The van der Waals surface area contributed by atoms with Crippen molar-refractivity contribution in [3.05, 3.63) is 36.5 Å². The van der Waals surface area contributed by atoms with E-state index in [0.717, 1.165) is 49.7 Å². The van der Waals surface area contributed by atoms with Gasteiger partial charge in [-0.15, -0.1) is 0 Å². The van der Waals surface area contributed by atoms with Crippen LogP contribution in [0.4, 0.5) is 0 Å². The van der Waals surface area contributed by atoms with Crippen LogP contribution in [0.3, 0.4) is 0 Å². The average molecular weight is 443 g/mol. The maximum absolute atomic E-state index is 12.3. The van der Waals surface area contributed by atoms with Crippen molar-refractivity contribution < 1.29 is 19.5 Å². The molecule has 1 aliphatic rings. The zero-order chi connectivity index (χ0) is 22.8. The molecule has 2 aromatic rings. The van der Waals surface area contributed by atoms with Gasteiger partial charge in [0.25, 0.3) is 0 Å². The highest BCUT2D eigenvalue weighted by molar-refractivity contribution is 5.85. The summed E-state index contributed by atoms with van der Waals surface area (Å²) in [6.45, 7) is 2.56. The number of nitrogens with one attached hydrogen (secondary N) is 3. The lowest BCUT2D eigenvalue weighted by atomic mass is 9.92. The van der Waals surface area contributed by atoms with Gasteiger partial charge < -0.3 is 25.6 Å². The van der Waals surface area contributed by atoms with Crippen LogP contribution in [0.25, 0.3) is 10.9 Å². The Bertz CT molecular complexity index is 904. The molecule has 3 rings (SSSR count). The van der Waals surface area contributed by atoms with Gasteiger partial charge >= 0.3 is 5.97 Å². The number of carboxylic acid groups (broad SMARTS) is 1. The van der Waals surface area contributed by atoms with E-state index in [1.165, 1.54) is 0 Å². The van der Waals surface area contributed by atoms with Crippen LogP contribution >= 0.6 is 0 Å². The lowest BCUT2D eigenvalue weighted by Gasteiger charge is -2.22. The number of hydrogen-bond donors (Lipinski definition) is 4. The SMILES string of the molecule is O=C(O)C[C@@H](CCn1ccc2ccccc21)NC(=O)CNC(=O)CCCC1CCNCC1. The third kappa shape index (κ3) is 7.67. The summed E-state index contributed by atoms with van der Waals surface area (Å²) in [5.74, 6) is -0.779. The number of carboxylic acids is 1. The Labute approximate surface area is 188 Å². The van der Waals surface area contributed by atoms with Crippen molar-refractivity contribution in [1.82, 2.24) is 20.5 Å². The number of benzene rings is 1. The number of piperidine rings is 1. The Kier molecular flexibility index (Phi) is 9.10. The summed E-state index contributed by atoms with van der Waals surface area (Å²) in [5.41, 5.74) is 1.07. The highest BCUT2D eigenvalue weighted by Crippen LogP contribution is 2.18. The highest BCUT2D eigenvalue weighted by Gasteiger charge is 2.17. The molecule has 0 bridgehead atoms. The van der Waals surface area contributed by atoms with Gasteiger partial charge in [-0.05, 0) is 68.6 Å². The van der Waals surface area contributed by atoms with Crippen LogP contribution in [-0.4, -0.2) is 53.1 Å². The summed E-state index contributed by atoms with van der Waals surface area (Å²) in [4.78, 5) is 35.6. The second-order valence-electron chi connectivity index (χ2n) is 8.58. The van der Waals surface area contributed by atoms with Gasteiger partial charge in [0.1, 0.15) is 0 Å². The maximum atomic E-state index is 12.3. The van der Waals surface area contributed by atoms with Crippen LogP contribution < -0.4 is 16.0 Å². The number of para-hydroxylation sites is 1. The summed E-state index contributed by atoms with van der Waals surface area (Å²) in [7, 11) is 0. The first kappa shape index (κ1) is 23.8. The first-order valence-corrected chi connectivity index (χ1v) is 11.5. The van der Waals surface area contributed by atoms with Crippen molar-refractivity contribution in [2.45, 2.75) is 57.5 Å². The van der Waals surface area contributed by atoms with Gasteiger partial charge in [-0.1, -0.05) is 18.2 Å². The summed E-state index contributed by atoms with van der Waals surface area (Å²) in [6.07, 6.45) is 6.89. The fourth-order valence-corrected chi connectivity index (χ4v) is 4.33. The Morgan fingerprint density at radius 2 is 1.91 bits per heavy atom. The number of aryl methyl sites for hydroxylation is 1. The van der Waals surface area contributed by atoms with Crippen molar-refractivity contribution in [2.75, 3.05) is 19.6 Å². The molecule has 1 fully saturated rings. The molecule has 8 nitrogen and oxygen atoms in total. The fourth-order valence-electron chi connectivity index (χ4n) is 4.33. The predicted molar refractivity (Wildman–Crippen MR) is 123 cm³/mol. The standard InChI is InChI=1S/C24H34N4O4/c29-22(7-3-4-18-8-12-25-13-9-18)26-17-23(30)27-20(16-24(31)32)11-15-28-14-10-19-5-1-2-6-21(19)28/h1-2,5-6,10,14,18,20,25H,3-4,7-9,11-13,15-17H2,(H,26,29)(H,27,30)(H,31,32)/t20-/m1/s1. The number of nitrogens with zero attached hydrogens (tertiary/aromatic N) is 1. The third-order valence-electron chi connectivity index (χ3n) is 6.11. The fraction of sp³-hybridized carbons (Fsp3) is 0.542. The van der Waals surface area contributed by atoms with Gasteiger partial charge in [0.2, 0.25) is 11.8 Å². The van der Waals surface area contributed by atoms with Crippen LogP contribution in [0.15, 0.2) is 36.5 Å². The van der Waals surface area contributed by atoms with E-state index in [2.05, 4.69) is 20.5 Å². The number of aliphatic carboxylic acids is 1. The Morgan fingerprint density at radius 3 is 2.69 bits per heavy atom. The van der Waals surface area contributed by atoms with Crippen molar-refractivity contribution in [2.24, 2.45) is 5.92 Å². The van der Waals surface area contributed by atoms with E-state index >= 15 is 0 Å². The first-order chi connectivity index (χ1) is 15.5. The molecule has 2 heterocycles. The van der Waals surface area contributed by atoms with E-state index in [1.807, 2.05) is 36.5 Å². The molecule has 174 valence electrons. The number of rotatable bonds is 12. The molecule has 8 heteroatoms. The minimum Gasteiger partial charge on any atom is -0.481 e. The molecular formula is C24H34N4O4. The lowest BCUT2D eigenvalue weighted by molar-refractivity contribution is -0.138. The van der Waals surface area contributed by atoms with Gasteiger partial charge in [0, 0.05) is 30.7 Å². The smallest absolute Gasteiger partial charge is 0.305 e. The zero-order valence-electron chi connectivity index (χ0n) is 18.5. The minimum atomic E-state index is -0.963. The number of amides is 2. The van der Waals surface area contributed by atoms with E-state index in [9.17, 15) is 19.5 Å². The highest BCUT2D eigenvalue weighted by atomic mass is 16.4. The monoisotopic (exact) mass is 442 g/mol. The van der Waals surface area contributed by atoms with E-state index < -0.39 is 12.0 Å². The normalized spacial score (nSPS) is 15.4. The average Bonchev–Trinajstić information content (AvgIpc) is 3.19. The molecule has 4 N–H and O–H groups in total. The molecule has 1 aromatic heterocycles. The second-order valence-corrected chi connectivity index (χ2v) is 8.58. The predicted octanol–water partition coefficient (Wildman–Crippen LogP) is 2.28. The van der Waals surface area contributed by atoms with Crippen molar-refractivity contribution in [3.63, 3.8) is 0 Å². The zero-order valence-corrected chi connectivity index (χ0v) is 18.5. The van der Waals surface area contributed by atoms with Crippen LogP contribution in [-0.2, 0) is 20.9 Å². The molecule has 0 unspecified atom stereocenters. The number of hydrogen-bond acceptors (Lipinski definition) is 4. The Morgan fingerprint density at radius 1 is 1.12 bits per heavy atom. The summed E-state index contributed by atoms with van der Waals surface area (Å²) < 4.78 is 2.06. The molecule has 32 heavy (non-hydrogen) atoms. The second kappa shape index (κ2) is 12.2. The van der Waals surface area contributed by atoms with Crippen LogP contribution in [0, 0.1) is 5.92 Å². The Hall–Kier alpha value is -2.87. The van der Waals surface area contributed by atoms with Crippen molar-refractivity contribution in [1.29, 1.82) is 0 Å². The topological polar surface area (TPSA) is 112 Å².